The molecule has 0 aliphatic heterocycles. The Kier molecular flexibility index (Phi) is 4.04. The monoisotopic (exact) mass is 421 g/mol. The molecule has 0 atom stereocenters. The maximum atomic E-state index is 14.4. The SMILES string of the molecule is Cc1ccncc1-c1ccc2[nH]nc(-c3nc4c(-c5ccccc5F)ccnc4[nH]3)c2n1. The van der Waals surface area contributed by atoms with Crippen LogP contribution in [-0.2, 0) is 0 Å². The van der Waals surface area contributed by atoms with Crippen molar-refractivity contribution in [2.24, 2.45) is 0 Å². The molecule has 7 nitrogen and oxygen atoms in total. The molecule has 6 rings (SSSR count). The van der Waals surface area contributed by atoms with Gasteiger partial charge in [-0.05, 0) is 42.8 Å². The number of nitrogens with zero attached hydrogens (tertiary/aromatic N) is 5. The quantitative estimate of drug-likeness (QED) is 0.416. The first-order chi connectivity index (χ1) is 15.7. The Morgan fingerprint density at radius 3 is 2.62 bits per heavy atom. The van der Waals surface area contributed by atoms with Gasteiger partial charge in [-0.15, -0.1) is 0 Å². The molecule has 0 saturated heterocycles. The van der Waals surface area contributed by atoms with Crippen LogP contribution >= 0.6 is 0 Å². The number of rotatable bonds is 3. The summed E-state index contributed by atoms with van der Waals surface area (Å²) >= 11 is 0. The molecule has 6 aromatic rings. The molecule has 5 aromatic heterocycles. The van der Waals surface area contributed by atoms with Gasteiger partial charge in [0.2, 0.25) is 0 Å². The van der Waals surface area contributed by atoms with Gasteiger partial charge in [-0.1, -0.05) is 18.2 Å². The Bertz CT molecular complexity index is 1620. The van der Waals surface area contributed by atoms with Gasteiger partial charge in [0.25, 0.3) is 0 Å². The van der Waals surface area contributed by atoms with E-state index in [2.05, 4.69) is 25.1 Å². The molecular weight excluding hydrogens is 405 g/mol. The molecule has 0 saturated carbocycles. The van der Waals surface area contributed by atoms with Crippen molar-refractivity contribution in [3.05, 3.63) is 78.5 Å². The van der Waals surface area contributed by atoms with Crippen LogP contribution in [0, 0.1) is 12.7 Å². The van der Waals surface area contributed by atoms with Crippen molar-refractivity contribution < 1.29 is 4.39 Å². The number of aromatic nitrogens is 7. The molecule has 0 radical (unpaired) electrons. The summed E-state index contributed by atoms with van der Waals surface area (Å²) in [6.07, 6.45) is 5.19. The van der Waals surface area contributed by atoms with E-state index in [1.165, 1.54) is 6.07 Å². The van der Waals surface area contributed by atoms with Crippen LogP contribution < -0.4 is 0 Å². The lowest BCUT2D eigenvalue weighted by molar-refractivity contribution is 0.631. The zero-order valence-corrected chi connectivity index (χ0v) is 17.0. The standard InChI is InChI=1S/C24H16FN7/c1-13-8-10-26-12-16(13)18-6-7-19-21(28-18)22(32-31-19)24-29-20-15(9-11-27-23(20)30-24)14-4-2-3-5-17(14)25/h2-12H,1H3,(H,31,32)(H,27,29,30). The second-order valence-electron chi connectivity index (χ2n) is 7.48. The van der Waals surface area contributed by atoms with Crippen molar-refractivity contribution in [2.45, 2.75) is 6.92 Å². The molecule has 5 heterocycles. The number of hydrogen-bond donors (Lipinski definition) is 2. The summed E-state index contributed by atoms with van der Waals surface area (Å²) < 4.78 is 14.4. The largest absolute Gasteiger partial charge is 0.321 e. The first kappa shape index (κ1) is 18.3. The minimum Gasteiger partial charge on any atom is -0.321 e. The van der Waals surface area contributed by atoms with Crippen LogP contribution in [-0.4, -0.2) is 35.1 Å². The van der Waals surface area contributed by atoms with Gasteiger partial charge in [0.05, 0.1) is 11.2 Å². The van der Waals surface area contributed by atoms with Crippen molar-refractivity contribution in [1.29, 1.82) is 0 Å². The van der Waals surface area contributed by atoms with Gasteiger partial charge in [-0.25, -0.2) is 19.3 Å². The molecule has 154 valence electrons. The molecule has 32 heavy (non-hydrogen) atoms. The summed E-state index contributed by atoms with van der Waals surface area (Å²) in [5, 5.41) is 7.45. The van der Waals surface area contributed by atoms with Gasteiger partial charge in [0.15, 0.2) is 17.2 Å². The number of H-pyrrole nitrogens is 2. The van der Waals surface area contributed by atoms with E-state index in [-0.39, 0.29) is 5.82 Å². The number of pyridine rings is 3. The third-order valence-corrected chi connectivity index (χ3v) is 5.50. The van der Waals surface area contributed by atoms with Gasteiger partial charge in [-0.3, -0.25) is 10.1 Å². The van der Waals surface area contributed by atoms with Crippen LogP contribution in [0.25, 0.3) is 56.1 Å². The lowest BCUT2D eigenvalue weighted by Gasteiger charge is -2.04. The fourth-order valence-electron chi connectivity index (χ4n) is 3.87. The molecule has 0 unspecified atom stereocenters. The molecular formula is C24H16FN7. The van der Waals surface area contributed by atoms with Crippen LogP contribution in [0.15, 0.2) is 67.1 Å². The number of imidazole rings is 1. The van der Waals surface area contributed by atoms with Gasteiger partial charge in [0.1, 0.15) is 16.9 Å². The Labute approximate surface area is 181 Å². The highest BCUT2D eigenvalue weighted by Crippen LogP contribution is 2.32. The van der Waals surface area contributed by atoms with Crippen molar-refractivity contribution in [1.82, 2.24) is 35.1 Å². The lowest BCUT2D eigenvalue weighted by Crippen LogP contribution is -1.90. The Morgan fingerprint density at radius 2 is 1.75 bits per heavy atom. The predicted molar refractivity (Wildman–Crippen MR) is 120 cm³/mol. The van der Waals surface area contributed by atoms with Gasteiger partial charge in [0, 0.05) is 35.3 Å². The molecule has 0 fully saturated rings. The van der Waals surface area contributed by atoms with E-state index >= 15 is 0 Å². The maximum absolute atomic E-state index is 14.4. The van der Waals surface area contributed by atoms with E-state index in [1.807, 2.05) is 25.1 Å². The summed E-state index contributed by atoms with van der Waals surface area (Å²) in [5.41, 5.74) is 7.12. The summed E-state index contributed by atoms with van der Waals surface area (Å²) in [5.74, 6) is 0.197. The first-order valence-electron chi connectivity index (χ1n) is 10.0. The van der Waals surface area contributed by atoms with Crippen molar-refractivity contribution in [3.63, 3.8) is 0 Å². The number of halogens is 1. The molecule has 0 bridgehead atoms. The summed E-state index contributed by atoms with van der Waals surface area (Å²) in [6, 6.07) is 14.2. The van der Waals surface area contributed by atoms with E-state index in [9.17, 15) is 4.39 Å². The second kappa shape index (κ2) is 7.05. The Hall–Kier alpha value is -4.46. The highest BCUT2D eigenvalue weighted by molar-refractivity contribution is 5.95. The van der Waals surface area contributed by atoms with E-state index in [1.54, 1.807) is 42.9 Å². The minimum absolute atomic E-state index is 0.312. The zero-order chi connectivity index (χ0) is 21.7. The molecule has 8 heteroatoms. The third-order valence-electron chi connectivity index (χ3n) is 5.50. The number of fused-ring (bicyclic) bond motifs is 2. The molecule has 0 aliphatic rings. The Morgan fingerprint density at radius 1 is 0.844 bits per heavy atom. The lowest BCUT2D eigenvalue weighted by atomic mass is 10.1. The van der Waals surface area contributed by atoms with E-state index in [4.69, 9.17) is 9.97 Å². The fraction of sp³-hybridized carbons (Fsp3) is 0.0417. The van der Waals surface area contributed by atoms with Crippen LogP contribution in [0.5, 0.6) is 0 Å². The number of aromatic amines is 2. The molecule has 0 aliphatic carbocycles. The van der Waals surface area contributed by atoms with Crippen LogP contribution in [0.3, 0.4) is 0 Å². The molecule has 0 spiro atoms. The molecule has 1 aromatic carbocycles. The highest BCUT2D eigenvalue weighted by atomic mass is 19.1. The smallest absolute Gasteiger partial charge is 0.162 e. The topological polar surface area (TPSA) is 96.0 Å². The Balaban J connectivity index is 1.53. The van der Waals surface area contributed by atoms with Crippen molar-refractivity contribution >= 4 is 22.2 Å². The first-order valence-corrected chi connectivity index (χ1v) is 10.0. The van der Waals surface area contributed by atoms with Gasteiger partial charge < -0.3 is 4.98 Å². The maximum Gasteiger partial charge on any atom is 0.162 e. The number of hydrogen-bond acceptors (Lipinski definition) is 5. The number of nitrogens with one attached hydrogen (secondary N) is 2. The van der Waals surface area contributed by atoms with Crippen molar-refractivity contribution in [3.8, 4) is 33.9 Å². The fourth-order valence-corrected chi connectivity index (χ4v) is 3.87. The third kappa shape index (κ3) is 2.84. The average Bonchev–Trinajstić information content (AvgIpc) is 3.43. The van der Waals surface area contributed by atoms with Crippen LogP contribution in [0.4, 0.5) is 4.39 Å². The summed E-state index contributed by atoms with van der Waals surface area (Å²) in [6.45, 7) is 2.02. The predicted octanol–water partition coefficient (Wildman–Crippen LogP) is 5.07. The van der Waals surface area contributed by atoms with Gasteiger partial charge in [-0.2, -0.15) is 5.10 Å². The van der Waals surface area contributed by atoms with E-state index in [0.717, 1.165) is 22.3 Å². The van der Waals surface area contributed by atoms with Crippen LogP contribution in [0.1, 0.15) is 5.56 Å². The number of aryl methyl sites for hydroxylation is 1. The number of benzene rings is 1. The average molecular weight is 421 g/mol. The molecule has 0 amide bonds. The second-order valence-corrected chi connectivity index (χ2v) is 7.48. The van der Waals surface area contributed by atoms with E-state index in [0.29, 0.717) is 39.3 Å². The summed E-state index contributed by atoms with van der Waals surface area (Å²) in [4.78, 5) is 21.4. The van der Waals surface area contributed by atoms with Crippen molar-refractivity contribution in [2.75, 3.05) is 0 Å². The van der Waals surface area contributed by atoms with Crippen LogP contribution in [0.2, 0.25) is 0 Å². The van der Waals surface area contributed by atoms with Gasteiger partial charge >= 0.3 is 0 Å². The van der Waals surface area contributed by atoms with E-state index < -0.39 is 0 Å². The zero-order valence-electron chi connectivity index (χ0n) is 17.0. The minimum atomic E-state index is -0.312. The molecule has 2 N–H and O–H groups in total. The summed E-state index contributed by atoms with van der Waals surface area (Å²) in [7, 11) is 0. The normalized spacial score (nSPS) is 11.4. The highest BCUT2D eigenvalue weighted by Gasteiger charge is 2.18.